The Kier molecular flexibility index (Phi) is 5.01. The molecule has 1 aromatic carbocycles. The molecule has 1 atom stereocenters. The molecule has 1 N–H and O–H groups in total. The van der Waals surface area contributed by atoms with E-state index in [-0.39, 0.29) is 17.8 Å². The fourth-order valence-corrected chi connectivity index (χ4v) is 2.53. The minimum Gasteiger partial charge on any atom is -0.507 e. The zero-order valence-corrected chi connectivity index (χ0v) is 12.3. The summed E-state index contributed by atoms with van der Waals surface area (Å²) >= 11 is 0. The van der Waals surface area contributed by atoms with Gasteiger partial charge in [0.15, 0.2) is 0 Å². The number of aromatic hydroxyl groups is 1. The molecule has 20 heavy (non-hydrogen) atoms. The van der Waals surface area contributed by atoms with Gasteiger partial charge in [0.05, 0.1) is 11.7 Å². The van der Waals surface area contributed by atoms with Crippen molar-refractivity contribution in [3.63, 3.8) is 0 Å². The third-order valence-electron chi connectivity index (χ3n) is 3.61. The van der Waals surface area contributed by atoms with Crippen LogP contribution in [0.5, 0.6) is 5.75 Å². The van der Waals surface area contributed by atoms with E-state index < -0.39 is 0 Å². The predicted molar refractivity (Wildman–Crippen MR) is 78.0 cm³/mol. The van der Waals surface area contributed by atoms with Crippen molar-refractivity contribution in [2.45, 2.75) is 39.2 Å². The van der Waals surface area contributed by atoms with Crippen LogP contribution in [0.25, 0.3) is 0 Å². The van der Waals surface area contributed by atoms with Gasteiger partial charge in [-0.1, -0.05) is 18.6 Å². The lowest BCUT2D eigenvalue weighted by atomic mass is 10.0. The number of rotatable bonds is 4. The highest BCUT2D eigenvalue weighted by Gasteiger charge is 2.26. The largest absolute Gasteiger partial charge is 0.507 e. The average molecular weight is 277 g/mol. The molecule has 2 rings (SSSR count). The first-order valence-corrected chi connectivity index (χ1v) is 7.32. The number of amides is 1. The van der Waals surface area contributed by atoms with Crippen LogP contribution in [0.15, 0.2) is 18.2 Å². The van der Waals surface area contributed by atoms with Crippen molar-refractivity contribution in [3.05, 3.63) is 29.3 Å². The van der Waals surface area contributed by atoms with Gasteiger partial charge in [0, 0.05) is 19.7 Å². The number of hydrogen-bond donors (Lipinski definition) is 1. The Bertz CT molecular complexity index is 473. The van der Waals surface area contributed by atoms with Crippen LogP contribution in [-0.4, -0.2) is 41.7 Å². The molecular formula is C16H23NO3. The molecular weight excluding hydrogens is 254 g/mol. The molecule has 0 saturated carbocycles. The van der Waals surface area contributed by atoms with Gasteiger partial charge in [0.2, 0.25) is 0 Å². The number of nitrogens with zero attached hydrogens (tertiary/aromatic N) is 1. The van der Waals surface area contributed by atoms with E-state index >= 15 is 0 Å². The third-order valence-corrected chi connectivity index (χ3v) is 3.61. The Hall–Kier alpha value is -1.55. The molecule has 1 heterocycles. The smallest absolute Gasteiger partial charge is 0.257 e. The summed E-state index contributed by atoms with van der Waals surface area (Å²) in [5.74, 6) is -0.0480. The number of hydrogen-bond acceptors (Lipinski definition) is 3. The lowest BCUT2D eigenvalue weighted by molar-refractivity contribution is 0.00202. The maximum atomic E-state index is 12.5. The van der Waals surface area contributed by atoms with E-state index in [1.807, 2.05) is 6.92 Å². The first kappa shape index (κ1) is 14.9. The van der Waals surface area contributed by atoms with Gasteiger partial charge in [-0.15, -0.1) is 0 Å². The number of phenolic OH excluding ortho intramolecular Hbond substituents is 1. The van der Waals surface area contributed by atoms with Crippen molar-refractivity contribution in [1.82, 2.24) is 4.90 Å². The highest BCUT2D eigenvalue weighted by molar-refractivity contribution is 5.97. The molecule has 0 radical (unpaired) electrons. The third kappa shape index (κ3) is 3.51. The number of carbonyl (C=O) groups excluding carboxylic acids is 1. The first-order chi connectivity index (χ1) is 9.61. The maximum Gasteiger partial charge on any atom is 0.257 e. The minimum absolute atomic E-state index is 0.0530. The van der Waals surface area contributed by atoms with Gasteiger partial charge in [-0.3, -0.25) is 4.79 Å². The van der Waals surface area contributed by atoms with Crippen LogP contribution in [0.1, 0.15) is 42.1 Å². The fourth-order valence-electron chi connectivity index (χ4n) is 2.53. The number of likely N-dealkylation sites (tertiary alicyclic amines) is 1. The van der Waals surface area contributed by atoms with E-state index in [0.29, 0.717) is 12.1 Å². The zero-order valence-electron chi connectivity index (χ0n) is 12.3. The van der Waals surface area contributed by atoms with Crippen LogP contribution in [0.3, 0.4) is 0 Å². The maximum absolute atomic E-state index is 12.5. The summed E-state index contributed by atoms with van der Waals surface area (Å²) in [5.41, 5.74) is 1.36. The van der Waals surface area contributed by atoms with Gasteiger partial charge >= 0.3 is 0 Å². The van der Waals surface area contributed by atoms with Gasteiger partial charge in [-0.2, -0.15) is 0 Å². The van der Waals surface area contributed by atoms with Crippen LogP contribution in [0.4, 0.5) is 0 Å². The first-order valence-electron chi connectivity index (χ1n) is 7.32. The van der Waals surface area contributed by atoms with Crippen molar-refractivity contribution < 1.29 is 14.6 Å². The molecule has 4 heteroatoms. The summed E-state index contributed by atoms with van der Waals surface area (Å²) in [7, 11) is 0. The van der Waals surface area contributed by atoms with Crippen LogP contribution >= 0.6 is 0 Å². The van der Waals surface area contributed by atoms with E-state index in [1.54, 1.807) is 23.1 Å². The van der Waals surface area contributed by atoms with Gasteiger partial charge < -0.3 is 14.7 Å². The molecule has 1 saturated heterocycles. The molecule has 4 nitrogen and oxygen atoms in total. The standard InChI is InChI=1S/C16H23NO3/c1-3-9-20-13-5-4-8-17(11-13)16(19)14-10-12(2)6-7-15(14)18/h6-7,10,13,18H,3-5,8-9,11H2,1-2H3. The van der Waals surface area contributed by atoms with Gasteiger partial charge in [0.1, 0.15) is 5.75 Å². The summed E-state index contributed by atoms with van der Waals surface area (Å²) in [6, 6.07) is 5.13. The van der Waals surface area contributed by atoms with E-state index in [4.69, 9.17) is 4.74 Å². The predicted octanol–water partition coefficient (Wildman–Crippen LogP) is 2.73. The molecule has 0 bridgehead atoms. The Morgan fingerprint density at radius 1 is 1.50 bits per heavy atom. The lowest BCUT2D eigenvalue weighted by Crippen LogP contribution is -2.43. The Balaban J connectivity index is 2.06. The molecule has 1 aromatic rings. The van der Waals surface area contributed by atoms with Crippen molar-refractivity contribution in [1.29, 1.82) is 0 Å². The van der Waals surface area contributed by atoms with Crippen molar-refractivity contribution >= 4 is 5.91 Å². The minimum atomic E-state index is -0.101. The van der Waals surface area contributed by atoms with E-state index in [9.17, 15) is 9.90 Å². The molecule has 110 valence electrons. The summed E-state index contributed by atoms with van der Waals surface area (Å²) in [5, 5.41) is 9.86. The van der Waals surface area contributed by atoms with E-state index in [2.05, 4.69) is 6.92 Å². The molecule has 0 spiro atoms. The number of phenols is 1. The average Bonchev–Trinajstić information content (AvgIpc) is 2.47. The van der Waals surface area contributed by atoms with Crippen LogP contribution < -0.4 is 0 Å². The summed E-state index contributed by atoms with van der Waals surface area (Å²) in [6.07, 6.45) is 3.07. The molecule has 1 aliphatic heterocycles. The second-order valence-electron chi connectivity index (χ2n) is 5.41. The fraction of sp³-hybridized carbons (Fsp3) is 0.562. The van der Waals surface area contributed by atoms with Crippen molar-refractivity contribution in [2.24, 2.45) is 0 Å². The highest BCUT2D eigenvalue weighted by atomic mass is 16.5. The number of piperidine rings is 1. The number of aryl methyl sites for hydroxylation is 1. The van der Waals surface area contributed by atoms with E-state index in [0.717, 1.165) is 38.0 Å². The van der Waals surface area contributed by atoms with Crippen LogP contribution in [0.2, 0.25) is 0 Å². The molecule has 1 amide bonds. The summed E-state index contributed by atoms with van der Waals surface area (Å²) in [4.78, 5) is 14.3. The molecule has 0 aliphatic carbocycles. The topological polar surface area (TPSA) is 49.8 Å². The second kappa shape index (κ2) is 6.75. The van der Waals surface area contributed by atoms with Gasteiger partial charge in [0.25, 0.3) is 5.91 Å². The number of benzene rings is 1. The Morgan fingerprint density at radius 3 is 3.05 bits per heavy atom. The molecule has 1 unspecified atom stereocenters. The molecule has 1 fully saturated rings. The van der Waals surface area contributed by atoms with Gasteiger partial charge in [-0.25, -0.2) is 0 Å². The zero-order chi connectivity index (χ0) is 14.5. The Morgan fingerprint density at radius 2 is 2.30 bits per heavy atom. The van der Waals surface area contributed by atoms with Gasteiger partial charge in [-0.05, 0) is 38.3 Å². The quantitative estimate of drug-likeness (QED) is 0.920. The lowest BCUT2D eigenvalue weighted by Gasteiger charge is -2.32. The SMILES string of the molecule is CCCOC1CCCN(C(=O)c2cc(C)ccc2O)C1. The van der Waals surface area contributed by atoms with Crippen molar-refractivity contribution in [2.75, 3.05) is 19.7 Å². The number of ether oxygens (including phenoxy) is 1. The normalized spacial score (nSPS) is 19.1. The monoisotopic (exact) mass is 277 g/mol. The summed E-state index contributed by atoms with van der Waals surface area (Å²) in [6.45, 7) is 6.09. The second-order valence-corrected chi connectivity index (χ2v) is 5.41. The van der Waals surface area contributed by atoms with Crippen LogP contribution in [0, 0.1) is 6.92 Å². The molecule has 1 aliphatic rings. The summed E-state index contributed by atoms with van der Waals surface area (Å²) < 4.78 is 5.75. The molecule has 0 aromatic heterocycles. The van der Waals surface area contributed by atoms with Crippen molar-refractivity contribution in [3.8, 4) is 5.75 Å². The number of carbonyl (C=O) groups is 1. The Labute approximate surface area is 120 Å². The van der Waals surface area contributed by atoms with Crippen LogP contribution in [-0.2, 0) is 4.74 Å². The van der Waals surface area contributed by atoms with E-state index in [1.165, 1.54) is 0 Å². The highest BCUT2D eigenvalue weighted by Crippen LogP contribution is 2.22.